The first-order valence-electron chi connectivity index (χ1n) is 5.20. The van der Waals surface area contributed by atoms with Crippen molar-refractivity contribution in [1.29, 1.82) is 5.41 Å². The van der Waals surface area contributed by atoms with E-state index < -0.39 is 0 Å². The molecule has 5 heteroatoms. The van der Waals surface area contributed by atoms with Crippen LogP contribution in [0.25, 0.3) is 0 Å². The van der Waals surface area contributed by atoms with Crippen molar-refractivity contribution >= 4 is 5.84 Å². The Hall–Kier alpha value is -2.17. The average molecular weight is 232 g/mol. The summed E-state index contributed by atoms with van der Waals surface area (Å²) in [5.74, 6) is -0.341. The molecule has 0 amide bonds. The Labute approximate surface area is 98.4 Å². The van der Waals surface area contributed by atoms with Crippen molar-refractivity contribution in [2.45, 2.75) is 13.5 Å². The summed E-state index contributed by atoms with van der Waals surface area (Å²) in [4.78, 5) is 0. The third-order valence-electron chi connectivity index (χ3n) is 2.54. The highest BCUT2D eigenvalue weighted by Crippen LogP contribution is 2.10. The Kier molecular flexibility index (Phi) is 2.91. The van der Waals surface area contributed by atoms with Gasteiger partial charge in [-0.25, -0.2) is 4.39 Å². The second-order valence-electron chi connectivity index (χ2n) is 3.83. The highest BCUT2D eigenvalue weighted by atomic mass is 19.1. The van der Waals surface area contributed by atoms with Crippen LogP contribution in [0.4, 0.5) is 4.39 Å². The van der Waals surface area contributed by atoms with Gasteiger partial charge in [-0.1, -0.05) is 18.2 Å². The maximum Gasteiger partial charge on any atom is 0.143 e. The van der Waals surface area contributed by atoms with E-state index in [-0.39, 0.29) is 11.7 Å². The van der Waals surface area contributed by atoms with Crippen molar-refractivity contribution in [3.63, 3.8) is 0 Å². The van der Waals surface area contributed by atoms with E-state index in [0.717, 1.165) is 5.69 Å². The van der Waals surface area contributed by atoms with Crippen molar-refractivity contribution < 1.29 is 4.39 Å². The number of nitrogens with zero attached hydrogens (tertiary/aromatic N) is 2. The van der Waals surface area contributed by atoms with Gasteiger partial charge in [0.15, 0.2) is 0 Å². The van der Waals surface area contributed by atoms with Crippen LogP contribution < -0.4 is 5.73 Å². The zero-order chi connectivity index (χ0) is 12.4. The predicted octanol–water partition coefficient (Wildman–Crippen LogP) is 1.66. The van der Waals surface area contributed by atoms with Gasteiger partial charge < -0.3 is 5.73 Å². The molecule has 0 atom stereocenters. The molecule has 17 heavy (non-hydrogen) atoms. The molecule has 1 aromatic heterocycles. The van der Waals surface area contributed by atoms with Gasteiger partial charge in [-0.2, -0.15) is 5.10 Å². The number of nitrogens with one attached hydrogen (secondary N) is 1. The molecule has 0 saturated carbocycles. The van der Waals surface area contributed by atoms with Crippen molar-refractivity contribution in [2.75, 3.05) is 0 Å². The van der Waals surface area contributed by atoms with Crippen LogP contribution in [-0.2, 0) is 6.54 Å². The van der Waals surface area contributed by atoms with Gasteiger partial charge in [-0.15, -0.1) is 0 Å². The molecule has 0 aliphatic carbocycles. The van der Waals surface area contributed by atoms with E-state index in [1.165, 1.54) is 6.07 Å². The van der Waals surface area contributed by atoms with E-state index in [2.05, 4.69) is 5.10 Å². The number of rotatable bonds is 3. The number of halogens is 1. The number of hydrogen-bond acceptors (Lipinski definition) is 2. The standard InChI is InChI=1S/C12H13FN4/c1-8-6-11(12(14)15)16-17(8)7-9-4-2-3-5-10(9)13/h2-6H,7H2,1H3,(H3,14,15). The van der Waals surface area contributed by atoms with Crippen LogP contribution in [0.3, 0.4) is 0 Å². The normalized spacial score (nSPS) is 10.5. The number of hydrogen-bond donors (Lipinski definition) is 2. The van der Waals surface area contributed by atoms with E-state index in [1.807, 2.05) is 6.92 Å². The van der Waals surface area contributed by atoms with Gasteiger partial charge in [0.2, 0.25) is 0 Å². The lowest BCUT2D eigenvalue weighted by Crippen LogP contribution is -2.13. The average Bonchev–Trinajstić information content (AvgIpc) is 2.64. The van der Waals surface area contributed by atoms with Crippen LogP contribution in [0, 0.1) is 18.2 Å². The van der Waals surface area contributed by atoms with Gasteiger partial charge in [0.05, 0.1) is 6.54 Å². The van der Waals surface area contributed by atoms with E-state index in [0.29, 0.717) is 17.8 Å². The molecule has 0 radical (unpaired) electrons. The molecule has 0 fully saturated rings. The minimum atomic E-state index is -0.258. The Balaban J connectivity index is 2.30. The minimum Gasteiger partial charge on any atom is -0.382 e. The Morgan fingerprint density at radius 3 is 2.76 bits per heavy atom. The molecule has 1 aromatic carbocycles. The Morgan fingerprint density at radius 2 is 2.18 bits per heavy atom. The summed E-state index contributed by atoms with van der Waals surface area (Å²) in [5, 5.41) is 11.4. The van der Waals surface area contributed by atoms with Gasteiger partial charge in [0, 0.05) is 11.3 Å². The molecule has 0 aliphatic heterocycles. The zero-order valence-corrected chi connectivity index (χ0v) is 9.44. The van der Waals surface area contributed by atoms with Gasteiger partial charge >= 0.3 is 0 Å². The number of nitrogens with two attached hydrogens (primary N) is 1. The Morgan fingerprint density at radius 1 is 1.47 bits per heavy atom. The summed E-state index contributed by atoms with van der Waals surface area (Å²) >= 11 is 0. The molecule has 4 nitrogen and oxygen atoms in total. The summed E-state index contributed by atoms with van der Waals surface area (Å²) in [6, 6.07) is 8.27. The van der Waals surface area contributed by atoms with Crippen LogP contribution in [0.1, 0.15) is 17.0 Å². The van der Waals surface area contributed by atoms with Crippen LogP contribution in [0.5, 0.6) is 0 Å². The van der Waals surface area contributed by atoms with Crippen LogP contribution >= 0.6 is 0 Å². The topological polar surface area (TPSA) is 67.7 Å². The molecule has 3 N–H and O–H groups in total. The summed E-state index contributed by atoms with van der Waals surface area (Å²) in [6.45, 7) is 2.19. The quantitative estimate of drug-likeness (QED) is 0.624. The largest absolute Gasteiger partial charge is 0.382 e. The molecule has 0 spiro atoms. The van der Waals surface area contributed by atoms with E-state index >= 15 is 0 Å². The van der Waals surface area contributed by atoms with Gasteiger partial charge in [0.1, 0.15) is 17.3 Å². The summed E-state index contributed by atoms with van der Waals surface area (Å²) < 4.78 is 15.1. The molecule has 0 aliphatic rings. The molecule has 2 rings (SSSR count). The summed E-state index contributed by atoms with van der Waals surface area (Å²) in [5.41, 5.74) is 7.18. The minimum absolute atomic E-state index is 0.0830. The Bertz CT molecular complexity index is 559. The monoisotopic (exact) mass is 232 g/mol. The highest BCUT2D eigenvalue weighted by molar-refractivity contribution is 5.93. The van der Waals surface area contributed by atoms with E-state index in [4.69, 9.17) is 11.1 Å². The van der Waals surface area contributed by atoms with Crippen molar-refractivity contribution in [3.8, 4) is 0 Å². The maximum atomic E-state index is 13.5. The van der Waals surface area contributed by atoms with E-state index in [1.54, 1.807) is 28.9 Å². The molecule has 0 saturated heterocycles. The first-order valence-corrected chi connectivity index (χ1v) is 5.20. The number of aryl methyl sites for hydroxylation is 1. The first kappa shape index (κ1) is 11.3. The molecule has 2 aromatic rings. The van der Waals surface area contributed by atoms with Crippen LogP contribution in [-0.4, -0.2) is 15.6 Å². The van der Waals surface area contributed by atoms with Crippen LogP contribution in [0.2, 0.25) is 0 Å². The fraction of sp³-hybridized carbons (Fsp3) is 0.167. The maximum absolute atomic E-state index is 13.5. The summed E-state index contributed by atoms with van der Waals surface area (Å²) in [7, 11) is 0. The summed E-state index contributed by atoms with van der Waals surface area (Å²) in [6.07, 6.45) is 0. The van der Waals surface area contributed by atoms with Gasteiger partial charge in [0.25, 0.3) is 0 Å². The molecule has 0 bridgehead atoms. The number of benzene rings is 1. The lowest BCUT2D eigenvalue weighted by molar-refractivity contribution is 0.580. The molecule has 88 valence electrons. The molecular weight excluding hydrogens is 219 g/mol. The molecule has 0 unspecified atom stereocenters. The number of nitrogen functional groups attached to an aromatic ring is 1. The fourth-order valence-corrected chi connectivity index (χ4v) is 1.59. The highest BCUT2D eigenvalue weighted by Gasteiger charge is 2.08. The van der Waals surface area contributed by atoms with Gasteiger partial charge in [-0.3, -0.25) is 10.1 Å². The van der Waals surface area contributed by atoms with Crippen molar-refractivity contribution in [3.05, 3.63) is 53.1 Å². The lowest BCUT2D eigenvalue weighted by Gasteiger charge is -2.05. The second kappa shape index (κ2) is 4.37. The smallest absolute Gasteiger partial charge is 0.143 e. The second-order valence-corrected chi connectivity index (χ2v) is 3.83. The number of amidine groups is 1. The predicted molar refractivity (Wildman–Crippen MR) is 63.5 cm³/mol. The fourth-order valence-electron chi connectivity index (χ4n) is 1.59. The zero-order valence-electron chi connectivity index (χ0n) is 9.44. The van der Waals surface area contributed by atoms with E-state index in [9.17, 15) is 4.39 Å². The van der Waals surface area contributed by atoms with Crippen molar-refractivity contribution in [2.24, 2.45) is 5.73 Å². The third kappa shape index (κ3) is 2.33. The molecular formula is C12H13FN4. The first-order chi connectivity index (χ1) is 8.08. The SMILES string of the molecule is Cc1cc(C(=N)N)nn1Cc1ccccc1F. The van der Waals surface area contributed by atoms with Gasteiger partial charge in [-0.05, 0) is 19.1 Å². The number of aromatic nitrogens is 2. The van der Waals surface area contributed by atoms with Crippen molar-refractivity contribution in [1.82, 2.24) is 9.78 Å². The third-order valence-corrected chi connectivity index (χ3v) is 2.54. The molecule has 1 heterocycles. The lowest BCUT2D eigenvalue weighted by atomic mass is 10.2. The van der Waals surface area contributed by atoms with Crippen LogP contribution in [0.15, 0.2) is 30.3 Å².